The van der Waals surface area contributed by atoms with E-state index in [1.165, 1.54) is 12.0 Å². The van der Waals surface area contributed by atoms with Crippen LogP contribution in [0.1, 0.15) is 56.8 Å². The molecule has 0 fully saturated rings. The van der Waals surface area contributed by atoms with Gasteiger partial charge in [0.2, 0.25) is 0 Å². The van der Waals surface area contributed by atoms with Gasteiger partial charge in [-0.3, -0.25) is 4.79 Å². The summed E-state index contributed by atoms with van der Waals surface area (Å²) in [5.74, 6) is 1.33. The van der Waals surface area contributed by atoms with Crippen LogP contribution in [0.5, 0.6) is 5.75 Å². The molecule has 0 N–H and O–H groups in total. The molecule has 0 spiro atoms. The van der Waals surface area contributed by atoms with E-state index in [2.05, 4.69) is 26.8 Å². The largest absolute Gasteiger partial charge is 0.493 e. The number of rotatable bonds is 9. The summed E-state index contributed by atoms with van der Waals surface area (Å²) in [6.45, 7) is 7.30. The van der Waals surface area contributed by atoms with E-state index in [1.54, 1.807) is 6.07 Å². The Bertz CT molecular complexity index is 435. The lowest BCUT2D eigenvalue weighted by Crippen LogP contribution is -2.05. The lowest BCUT2D eigenvalue weighted by Gasteiger charge is -2.12. The molecule has 1 unspecified atom stereocenters. The zero-order chi connectivity index (χ0) is 14.8. The summed E-state index contributed by atoms with van der Waals surface area (Å²) in [4.78, 5) is 10.9. The van der Waals surface area contributed by atoms with Crippen molar-refractivity contribution in [1.29, 1.82) is 0 Å². The molecule has 0 amide bonds. The summed E-state index contributed by atoms with van der Waals surface area (Å²) in [5.41, 5.74) is 2.09. The molecule has 0 bridgehead atoms. The monoisotopic (exact) mass is 274 g/mol. The predicted molar refractivity (Wildman–Crippen MR) is 84.4 cm³/mol. The third-order valence-corrected chi connectivity index (χ3v) is 3.62. The van der Waals surface area contributed by atoms with E-state index in [0.29, 0.717) is 23.8 Å². The molecule has 2 nitrogen and oxygen atoms in total. The smallest absolute Gasteiger partial charge is 0.153 e. The van der Waals surface area contributed by atoms with Crippen molar-refractivity contribution in [3.05, 3.63) is 41.5 Å². The number of allylic oxidation sites excluding steroid dienone is 2. The Labute approximate surface area is 122 Å². The first-order valence-electron chi connectivity index (χ1n) is 7.50. The average Bonchev–Trinajstić information content (AvgIpc) is 2.47. The second kappa shape index (κ2) is 9.35. The van der Waals surface area contributed by atoms with Gasteiger partial charge in [0.05, 0.1) is 12.2 Å². The van der Waals surface area contributed by atoms with Crippen LogP contribution >= 0.6 is 0 Å². The van der Waals surface area contributed by atoms with Gasteiger partial charge in [0, 0.05) is 0 Å². The van der Waals surface area contributed by atoms with Crippen LogP contribution in [0.2, 0.25) is 0 Å². The number of benzene rings is 1. The summed E-state index contributed by atoms with van der Waals surface area (Å²) in [6.07, 6.45) is 7.67. The second-order valence-corrected chi connectivity index (χ2v) is 5.38. The van der Waals surface area contributed by atoms with Crippen molar-refractivity contribution in [2.45, 2.75) is 46.5 Å². The van der Waals surface area contributed by atoms with E-state index in [0.717, 1.165) is 25.5 Å². The van der Waals surface area contributed by atoms with Gasteiger partial charge in [0.15, 0.2) is 6.29 Å². The molecule has 0 saturated carbocycles. The van der Waals surface area contributed by atoms with Gasteiger partial charge < -0.3 is 4.74 Å². The SMILES string of the molecule is CCC(C)=CCCC(C)CCOc1ccccc1C=O. The van der Waals surface area contributed by atoms with E-state index < -0.39 is 0 Å². The molecule has 20 heavy (non-hydrogen) atoms. The van der Waals surface area contributed by atoms with Crippen molar-refractivity contribution in [1.82, 2.24) is 0 Å². The molecule has 0 radical (unpaired) electrons. The molecule has 1 rings (SSSR count). The van der Waals surface area contributed by atoms with Crippen LogP contribution < -0.4 is 4.74 Å². The van der Waals surface area contributed by atoms with Crippen LogP contribution in [-0.4, -0.2) is 12.9 Å². The van der Waals surface area contributed by atoms with E-state index in [1.807, 2.05) is 18.2 Å². The Morgan fingerprint density at radius 1 is 1.30 bits per heavy atom. The highest BCUT2D eigenvalue weighted by Gasteiger charge is 2.04. The number of hydrogen-bond acceptors (Lipinski definition) is 2. The number of ether oxygens (including phenoxy) is 1. The van der Waals surface area contributed by atoms with Crippen LogP contribution in [0, 0.1) is 5.92 Å². The molecule has 0 aromatic heterocycles. The molecule has 1 aromatic rings. The van der Waals surface area contributed by atoms with E-state index >= 15 is 0 Å². The van der Waals surface area contributed by atoms with Gasteiger partial charge in [-0.2, -0.15) is 0 Å². The van der Waals surface area contributed by atoms with E-state index in [9.17, 15) is 4.79 Å². The zero-order valence-electron chi connectivity index (χ0n) is 12.9. The minimum absolute atomic E-state index is 0.627. The Morgan fingerprint density at radius 2 is 2.05 bits per heavy atom. The summed E-state index contributed by atoms with van der Waals surface area (Å²) in [6, 6.07) is 7.37. The maximum absolute atomic E-state index is 10.9. The van der Waals surface area contributed by atoms with Crippen molar-refractivity contribution >= 4 is 6.29 Å². The Balaban J connectivity index is 2.28. The van der Waals surface area contributed by atoms with Crippen molar-refractivity contribution in [3.63, 3.8) is 0 Å². The number of para-hydroxylation sites is 1. The van der Waals surface area contributed by atoms with Crippen LogP contribution in [0.4, 0.5) is 0 Å². The first-order valence-corrected chi connectivity index (χ1v) is 7.50. The molecule has 0 aliphatic rings. The lowest BCUT2D eigenvalue weighted by atomic mass is 10.0. The maximum Gasteiger partial charge on any atom is 0.153 e. The van der Waals surface area contributed by atoms with E-state index in [-0.39, 0.29) is 0 Å². The fourth-order valence-electron chi connectivity index (χ4n) is 1.98. The van der Waals surface area contributed by atoms with Gasteiger partial charge in [0.25, 0.3) is 0 Å². The molecule has 110 valence electrons. The summed E-state index contributed by atoms with van der Waals surface area (Å²) in [5, 5.41) is 0. The highest BCUT2D eigenvalue weighted by atomic mass is 16.5. The van der Waals surface area contributed by atoms with Gasteiger partial charge in [-0.05, 0) is 50.7 Å². The molecular formula is C18H26O2. The van der Waals surface area contributed by atoms with Gasteiger partial charge in [-0.15, -0.1) is 0 Å². The molecule has 0 aliphatic carbocycles. The fraction of sp³-hybridized carbons (Fsp3) is 0.500. The van der Waals surface area contributed by atoms with Gasteiger partial charge in [-0.1, -0.05) is 37.6 Å². The quantitative estimate of drug-likeness (QED) is 0.466. The molecule has 0 heterocycles. The van der Waals surface area contributed by atoms with Crippen LogP contribution in [0.15, 0.2) is 35.9 Å². The van der Waals surface area contributed by atoms with E-state index in [4.69, 9.17) is 4.74 Å². The van der Waals surface area contributed by atoms with Gasteiger partial charge in [-0.25, -0.2) is 0 Å². The fourth-order valence-corrected chi connectivity index (χ4v) is 1.98. The van der Waals surface area contributed by atoms with Gasteiger partial charge >= 0.3 is 0 Å². The lowest BCUT2D eigenvalue weighted by molar-refractivity contribution is 0.111. The normalized spacial score (nSPS) is 13.1. The van der Waals surface area contributed by atoms with Crippen molar-refractivity contribution in [2.24, 2.45) is 5.92 Å². The second-order valence-electron chi connectivity index (χ2n) is 5.38. The first kappa shape index (κ1) is 16.5. The van der Waals surface area contributed by atoms with Crippen LogP contribution in [0.3, 0.4) is 0 Å². The van der Waals surface area contributed by atoms with Crippen molar-refractivity contribution in [3.8, 4) is 5.75 Å². The number of hydrogen-bond donors (Lipinski definition) is 0. The minimum atomic E-state index is 0.627. The highest BCUT2D eigenvalue weighted by Crippen LogP contribution is 2.18. The first-order chi connectivity index (χ1) is 9.67. The molecule has 0 aliphatic heterocycles. The maximum atomic E-state index is 10.9. The third-order valence-electron chi connectivity index (χ3n) is 3.62. The summed E-state index contributed by atoms with van der Waals surface area (Å²) in [7, 11) is 0. The van der Waals surface area contributed by atoms with Crippen molar-refractivity contribution < 1.29 is 9.53 Å². The van der Waals surface area contributed by atoms with Gasteiger partial charge in [0.1, 0.15) is 5.75 Å². The standard InChI is InChI=1S/C18H26O2/c1-4-15(2)8-7-9-16(3)12-13-20-18-11-6-5-10-17(18)14-19/h5-6,8,10-11,14,16H,4,7,9,12-13H2,1-3H3. The Morgan fingerprint density at radius 3 is 2.75 bits per heavy atom. The molecule has 2 heteroatoms. The number of aldehydes is 1. The average molecular weight is 274 g/mol. The minimum Gasteiger partial charge on any atom is -0.493 e. The Hall–Kier alpha value is -1.57. The molecular weight excluding hydrogens is 248 g/mol. The zero-order valence-corrected chi connectivity index (χ0v) is 12.9. The Kier molecular flexibility index (Phi) is 7.71. The summed E-state index contributed by atoms with van der Waals surface area (Å²) < 4.78 is 5.70. The van der Waals surface area contributed by atoms with Crippen LogP contribution in [-0.2, 0) is 0 Å². The molecule has 0 saturated heterocycles. The predicted octanol–water partition coefficient (Wildman–Crippen LogP) is 5.04. The topological polar surface area (TPSA) is 26.3 Å². The van der Waals surface area contributed by atoms with Crippen molar-refractivity contribution in [2.75, 3.05) is 6.61 Å². The summed E-state index contributed by atoms with van der Waals surface area (Å²) >= 11 is 0. The van der Waals surface area contributed by atoms with Crippen LogP contribution in [0.25, 0.3) is 0 Å². The highest BCUT2D eigenvalue weighted by molar-refractivity contribution is 5.79. The third kappa shape index (κ3) is 6.05. The molecule has 1 atom stereocenters. The number of carbonyl (C=O) groups excluding carboxylic acids is 1. The molecule has 1 aromatic carbocycles. The number of carbonyl (C=O) groups is 1.